The molecule has 2 aromatic rings. The predicted octanol–water partition coefficient (Wildman–Crippen LogP) is 3.84. The summed E-state index contributed by atoms with van der Waals surface area (Å²) in [6.45, 7) is 2.06. The Bertz CT molecular complexity index is 507. The van der Waals surface area contributed by atoms with Gasteiger partial charge in [0.15, 0.2) is 0 Å². The minimum absolute atomic E-state index is 0.774. The Morgan fingerprint density at radius 3 is 2.85 bits per heavy atom. The molecule has 0 amide bonds. The molecule has 0 N–H and O–H groups in total. The highest BCUT2D eigenvalue weighted by atomic mass is 79.9. The van der Waals surface area contributed by atoms with Crippen LogP contribution < -0.4 is 0 Å². The fourth-order valence-electron chi connectivity index (χ4n) is 1.34. The van der Waals surface area contributed by atoms with Gasteiger partial charge in [0.25, 0.3) is 0 Å². The molecule has 0 aliphatic heterocycles. The molecular weight excluding hydrogens is 246 g/mol. The van der Waals surface area contributed by atoms with Gasteiger partial charge in [0.05, 0.1) is 0 Å². The van der Waals surface area contributed by atoms with E-state index in [0.717, 1.165) is 14.7 Å². The second kappa shape index (κ2) is 3.13. The number of thiophene rings is 1. The first kappa shape index (κ1) is 8.74. The van der Waals surface area contributed by atoms with E-state index in [0.29, 0.717) is 0 Å². The molecule has 2 rings (SSSR count). The van der Waals surface area contributed by atoms with Crippen LogP contribution in [0.25, 0.3) is 10.1 Å². The van der Waals surface area contributed by atoms with Gasteiger partial charge in [-0.2, -0.15) is 5.26 Å². The first-order valence-electron chi connectivity index (χ1n) is 3.80. The van der Waals surface area contributed by atoms with Crippen molar-refractivity contribution in [3.63, 3.8) is 0 Å². The van der Waals surface area contributed by atoms with Crippen molar-refractivity contribution in [1.29, 1.82) is 5.26 Å². The molecule has 13 heavy (non-hydrogen) atoms. The van der Waals surface area contributed by atoms with E-state index in [2.05, 4.69) is 35.0 Å². The van der Waals surface area contributed by atoms with E-state index in [1.807, 2.05) is 12.1 Å². The fourth-order valence-corrected chi connectivity index (χ4v) is 2.84. The quantitative estimate of drug-likeness (QED) is 0.698. The van der Waals surface area contributed by atoms with Gasteiger partial charge in [0.1, 0.15) is 10.9 Å². The summed E-state index contributed by atoms with van der Waals surface area (Å²) in [5.74, 6) is 0. The third-order valence-electron chi connectivity index (χ3n) is 1.88. The highest BCUT2D eigenvalue weighted by Crippen LogP contribution is 2.30. The predicted molar refractivity (Wildman–Crippen MR) is 59.0 cm³/mol. The molecule has 1 aromatic carbocycles. The zero-order chi connectivity index (χ0) is 9.42. The van der Waals surface area contributed by atoms with Crippen molar-refractivity contribution in [2.24, 2.45) is 0 Å². The van der Waals surface area contributed by atoms with Crippen LogP contribution in [0.4, 0.5) is 0 Å². The van der Waals surface area contributed by atoms with E-state index in [1.165, 1.54) is 10.3 Å². The summed E-state index contributed by atoms with van der Waals surface area (Å²) in [7, 11) is 0. The van der Waals surface area contributed by atoms with Gasteiger partial charge in [-0.05, 0) is 36.1 Å². The minimum Gasteiger partial charge on any atom is -0.192 e. The minimum atomic E-state index is 0.774. The number of aryl methyl sites for hydroxylation is 1. The van der Waals surface area contributed by atoms with Crippen LogP contribution in [0.15, 0.2) is 22.7 Å². The van der Waals surface area contributed by atoms with E-state index >= 15 is 0 Å². The van der Waals surface area contributed by atoms with E-state index in [4.69, 9.17) is 5.26 Å². The molecule has 0 atom stereocenters. The van der Waals surface area contributed by atoms with Crippen molar-refractivity contribution in [3.05, 3.63) is 33.1 Å². The largest absolute Gasteiger partial charge is 0.192 e. The van der Waals surface area contributed by atoms with Crippen molar-refractivity contribution < 1.29 is 0 Å². The molecule has 3 heteroatoms. The molecule has 0 saturated heterocycles. The van der Waals surface area contributed by atoms with Gasteiger partial charge in [0, 0.05) is 9.17 Å². The van der Waals surface area contributed by atoms with Crippen LogP contribution in [0.1, 0.15) is 10.4 Å². The number of hydrogen-bond donors (Lipinski definition) is 0. The third-order valence-corrected chi connectivity index (χ3v) is 3.53. The van der Waals surface area contributed by atoms with Crippen molar-refractivity contribution in [2.75, 3.05) is 0 Å². The molecule has 0 unspecified atom stereocenters. The Labute approximate surface area is 88.7 Å². The molecule has 0 radical (unpaired) electrons. The second-order valence-electron chi connectivity index (χ2n) is 2.86. The molecule has 0 saturated carbocycles. The van der Waals surface area contributed by atoms with Gasteiger partial charge in [-0.15, -0.1) is 11.3 Å². The highest BCUT2D eigenvalue weighted by Gasteiger charge is 2.04. The van der Waals surface area contributed by atoms with Gasteiger partial charge in [-0.3, -0.25) is 0 Å². The maximum Gasteiger partial charge on any atom is 0.110 e. The smallest absolute Gasteiger partial charge is 0.110 e. The third kappa shape index (κ3) is 1.48. The molecule has 1 nitrogen and oxygen atoms in total. The van der Waals surface area contributed by atoms with Gasteiger partial charge in [-0.1, -0.05) is 15.9 Å². The average Bonchev–Trinajstić information content (AvgIpc) is 2.47. The Hall–Kier alpha value is -0.850. The van der Waals surface area contributed by atoms with E-state index in [1.54, 1.807) is 11.3 Å². The number of halogens is 1. The monoisotopic (exact) mass is 251 g/mol. The Morgan fingerprint density at radius 2 is 2.15 bits per heavy atom. The normalized spacial score (nSPS) is 10.2. The summed E-state index contributed by atoms with van der Waals surface area (Å²) in [5.41, 5.74) is 1.22. The lowest BCUT2D eigenvalue weighted by molar-refractivity contribution is 1.52. The van der Waals surface area contributed by atoms with E-state index in [9.17, 15) is 0 Å². The number of nitriles is 1. The molecular formula is C10H6BrNS. The van der Waals surface area contributed by atoms with Crippen LogP contribution in [0.2, 0.25) is 0 Å². The number of rotatable bonds is 0. The molecule has 0 fully saturated rings. The molecule has 64 valence electrons. The lowest BCUT2D eigenvalue weighted by Gasteiger charge is -1.95. The zero-order valence-corrected chi connectivity index (χ0v) is 9.37. The van der Waals surface area contributed by atoms with Crippen molar-refractivity contribution in [3.8, 4) is 6.07 Å². The van der Waals surface area contributed by atoms with Crippen molar-refractivity contribution in [2.45, 2.75) is 6.92 Å². The summed E-state index contributed by atoms with van der Waals surface area (Å²) < 4.78 is 2.28. The lowest BCUT2D eigenvalue weighted by Crippen LogP contribution is -1.71. The van der Waals surface area contributed by atoms with Gasteiger partial charge in [-0.25, -0.2) is 0 Å². The summed E-state index contributed by atoms with van der Waals surface area (Å²) >= 11 is 4.99. The molecule has 0 spiro atoms. The Kier molecular flexibility index (Phi) is 2.10. The number of hydrogen-bond acceptors (Lipinski definition) is 2. The topological polar surface area (TPSA) is 23.8 Å². The molecule has 0 bridgehead atoms. The summed E-state index contributed by atoms with van der Waals surface area (Å²) in [4.78, 5) is 0.774. The van der Waals surface area contributed by atoms with Gasteiger partial charge >= 0.3 is 0 Å². The fraction of sp³-hybridized carbons (Fsp3) is 0.100. The molecule has 0 aliphatic carbocycles. The number of benzene rings is 1. The van der Waals surface area contributed by atoms with Crippen LogP contribution in [-0.2, 0) is 0 Å². The highest BCUT2D eigenvalue weighted by molar-refractivity contribution is 9.10. The number of fused-ring (bicyclic) bond motifs is 1. The first-order chi connectivity index (χ1) is 6.20. The lowest BCUT2D eigenvalue weighted by atomic mass is 10.2. The van der Waals surface area contributed by atoms with Crippen LogP contribution in [0.3, 0.4) is 0 Å². The molecule has 1 aromatic heterocycles. The van der Waals surface area contributed by atoms with Gasteiger partial charge in [0.2, 0.25) is 0 Å². The maximum atomic E-state index is 8.75. The summed E-state index contributed by atoms with van der Waals surface area (Å²) in [5, 5.41) is 9.89. The Morgan fingerprint density at radius 1 is 1.38 bits per heavy atom. The molecule has 0 aliphatic rings. The van der Waals surface area contributed by atoms with E-state index in [-0.39, 0.29) is 0 Å². The standard InChI is InChI=1S/C10H6BrNS/c1-6-2-8(11)3-7-4-9(5-12)13-10(6)7/h2-4H,1H3. The summed E-state index contributed by atoms with van der Waals surface area (Å²) in [6.07, 6.45) is 0. The van der Waals surface area contributed by atoms with Crippen LogP contribution >= 0.6 is 27.3 Å². The maximum absolute atomic E-state index is 8.75. The second-order valence-corrected chi connectivity index (χ2v) is 4.83. The van der Waals surface area contributed by atoms with Crippen molar-refractivity contribution >= 4 is 37.4 Å². The molecule has 1 heterocycles. The zero-order valence-electron chi connectivity index (χ0n) is 6.97. The van der Waals surface area contributed by atoms with Crippen molar-refractivity contribution in [1.82, 2.24) is 0 Å². The average molecular weight is 252 g/mol. The van der Waals surface area contributed by atoms with Crippen LogP contribution in [0, 0.1) is 18.3 Å². The first-order valence-corrected chi connectivity index (χ1v) is 5.41. The number of nitrogens with zero attached hydrogens (tertiary/aromatic N) is 1. The van der Waals surface area contributed by atoms with E-state index < -0.39 is 0 Å². The SMILES string of the molecule is Cc1cc(Br)cc2cc(C#N)sc12. The van der Waals surface area contributed by atoms with Crippen LogP contribution in [-0.4, -0.2) is 0 Å². The van der Waals surface area contributed by atoms with Gasteiger partial charge < -0.3 is 0 Å². The Balaban J connectivity index is 2.84. The summed E-state index contributed by atoms with van der Waals surface area (Å²) in [6, 6.07) is 8.21. The van der Waals surface area contributed by atoms with Crippen LogP contribution in [0.5, 0.6) is 0 Å².